The number of rotatable bonds is 7. The third-order valence-electron chi connectivity index (χ3n) is 4.45. The van der Waals surface area contributed by atoms with Crippen LogP contribution in [-0.4, -0.2) is 25.2 Å². The summed E-state index contributed by atoms with van der Waals surface area (Å²) < 4.78 is 10.5. The monoisotopic (exact) mass is 304 g/mol. The fourth-order valence-electron chi connectivity index (χ4n) is 3.40. The Morgan fingerprint density at radius 3 is 2.50 bits per heavy atom. The first-order valence-electron chi connectivity index (χ1n) is 8.06. The van der Waals surface area contributed by atoms with Crippen molar-refractivity contribution in [2.24, 2.45) is 0 Å². The predicted octanol–water partition coefficient (Wildman–Crippen LogP) is 3.38. The Bertz CT molecular complexity index is 477. The largest absolute Gasteiger partial charge is 0.463 e. The highest BCUT2D eigenvalue weighted by molar-refractivity contribution is 5.78. The van der Waals surface area contributed by atoms with Gasteiger partial charge in [-0.15, -0.1) is 0 Å². The molecule has 1 aromatic carbocycles. The molecule has 4 heteroatoms. The summed E-state index contributed by atoms with van der Waals surface area (Å²) in [5.41, 5.74) is 0.584. The van der Waals surface area contributed by atoms with Crippen molar-refractivity contribution < 1.29 is 19.1 Å². The van der Waals surface area contributed by atoms with Crippen LogP contribution in [0.25, 0.3) is 0 Å². The summed E-state index contributed by atoms with van der Waals surface area (Å²) in [5, 5.41) is 0. The molecule has 0 aliphatic heterocycles. The highest BCUT2D eigenvalue weighted by atomic mass is 16.6. The summed E-state index contributed by atoms with van der Waals surface area (Å²) >= 11 is 0. The Kier molecular flexibility index (Phi) is 5.99. The minimum atomic E-state index is -0.862. The van der Waals surface area contributed by atoms with Crippen molar-refractivity contribution >= 4 is 12.4 Å². The number of hydrogen-bond donors (Lipinski definition) is 0. The topological polar surface area (TPSA) is 52.6 Å². The van der Waals surface area contributed by atoms with Crippen LogP contribution in [0, 0.1) is 0 Å². The third-order valence-corrected chi connectivity index (χ3v) is 4.45. The van der Waals surface area contributed by atoms with Crippen LogP contribution in [0.3, 0.4) is 0 Å². The molecule has 1 fully saturated rings. The van der Waals surface area contributed by atoms with Crippen molar-refractivity contribution in [1.82, 2.24) is 0 Å². The SMILES string of the molecule is CCCOC(=O)C(OC=O)C1(c2ccccc2)CCCCC1. The van der Waals surface area contributed by atoms with E-state index < -0.39 is 17.5 Å². The van der Waals surface area contributed by atoms with Crippen LogP contribution in [-0.2, 0) is 24.5 Å². The van der Waals surface area contributed by atoms with E-state index in [1.807, 2.05) is 37.3 Å². The minimum absolute atomic E-state index is 0.350. The van der Waals surface area contributed by atoms with Crippen molar-refractivity contribution in [1.29, 1.82) is 0 Å². The lowest BCUT2D eigenvalue weighted by Gasteiger charge is -2.41. The van der Waals surface area contributed by atoms with E-state index in [1.54, 1.807) is 0 Å². The van der Waals surface area contributed by atoms with Gasteiger partial charge < -0.3 is 9.47 Å². The van der Waals surface area contributed by atoms with Gasteiger partial charge in [-0.2, -0.15) is 0 Å². The number of esters is 1. The van der Waals surface area contributed by atoms with Crippen LogP contribution >= 0.6 is 0 Å². The first-order chi connectivity index (χ1) is 10.7. The van der Waals surface area contributed by atoms with E-state index in [0.717, 1.165) is 44.1 Å². The number of carbonyl (C=O) groups excluding carboxylic acids is 2. The average molecular weight is 304 g/mol. The lowest BCUT2D eigenvalue weighted by atomic mass is 9.66. The van der Waals surface area contributed by atoms with Gasteiger partial charge in [0, 0.05) is 5.41 Å². The summed E-state index contributed by atoms with van der Waals surface area (Å²) in [6.07, 6.45) is 4.74. The van der Waals surface area contributed by atoms with E-state index in [-0.39, 0.29) is 0 Å². The number of benzene rings is 1. The Balaban J connectivity index is 2.36. The smallest absolute Gasteiger partial charge is 0.348 e. The van der Waals surface area contributed by atoms with E-state index in [0.29, 0.717) is 13.1 Å². The maximum atomic E-state index is 12.5. The van der Waals surface area contributed by atoms with Crippen molar-refractivity contribution in [2.45, 2.75) is 57.0 Å². The van der Waals surface area contributed by atoms with Gasteiger partial charge in [0.15, 0.2) is 0 Å². The zero-order chi connectivity index (χ0) is 15.8. The molecule has 1 aromatic rings. The molecule has 120 valence electrons. The van der Waals surface area contributed by atoms with Gasteiger partial charge in [0.1, 0.15) is 0 Å². The molecule has 1 aliphatic carbocycles. The molecule has 1 saturated carbocycles. The van der Waals surface area contributed by atoms with Crippen LogP contribution in [0.2, 0.25) is 0 Å². The second-order valence-corrected chi connectivity index (χ2v) is 5.86. The first-order valence-corrected chi connectivity index (χ1v) is 8.06. The molecule has 0 bridgehead atoms. The van der Waals surface area contributed by atoms with E-state index in [4.69, 9.17) is 9.47 Å². The van der Waals surface area contributed by atoms with Crippen molar-refractivity contribution in [3.63, 3.8) is 0 Å². The standard InChI is InChI=1S/C18H24O4/c1-2-13-21-17(20)16(22-14-19)18(11-7-4-8-12-18)15-9-5-3-6-10-15/h3,5-6,9-10,14,16H,2,4,7-8,11-13H2,1H3. The third kappa shape index (κ3) is 3.49. The Morgan fingerprint density at radius 1 is 1.23 bits per heavy atom. The first kappa shape index (κ1) is 16.5. The van der Waals surface area contributed by atoms with Gasteiger partial charge in [-0.3, -0.25) is 4.79 Å². The summed E-state index contributed by atoms with van der Waals surface area (Å²) in [5.74, 6) is -0.431. The van der Waals surface area contributed by atoms with Crippen LogP contribution in [0.1, 0.15) is 51.0 Å². The zero-order valence-corrected chi connectivity index (χ0v) is 13.1. The summed E-state index contributed by atoms with van der Waals surface area (Å²) in [6.45, 7) is 2.66. The molecule has 1 unspecified atom stereocenters. The quantitative estimate of drug-likeness (QED) is 0.572. The molecule has 0 radical (unpaired) electrons. The van der Waals surface area contributed by atoms with E-state index in [2.05, 4.69) is 0 Å². The Labute approximate surface area is 131 Å². The van der Waals surface area contributed by atoms with Gasteiger partial charge >= 0.3 is 5.97 Å². The lowest BCUT2D eigenvalue weighted by Crippen LogP contribution is -2.48. The van der Waals surface area contributed by atoms with Crippen LogP contribution < -0.4 is 0 Å². The molecule has 0 amide bonds. The molecular formula is C18H24O4. The number of carbonyl (C=O) groups is 2. The molecule has 1 atom stereocenters. The zero-order valence-electron chi connectivity index (χ0n) is 13.1. The number of hydrogen-bond acceptors (Lipinski definition) is 4. The van der Waals surface area contributed by atoms with Crippen LogP contribution in [0.5, 0.6) is 0 Å². The summed E-state index contributed by atoms with van der Waals surface area (Å²) in [4.78, 5) is 23.4. The molecular weight excluding hydrogens is 280 g/mol. The van der Waals surface area contributed by atoms with Gasteiger partial charge in [-0.25, -0.2) is 4.79 Å². The average Bonchev–Trinajstić information content (AvgIpc) is 2.59. The Hall–Kier alpha value is -1.84. The molecule has 0 aromatic heterocycles. The van der Waals surface area contributed by atoms with Crippen LogP contribution in [0.4, 0.5) is 0 Å². The van der Waals surface area contributed by atoms with Gasteiger partial charge in [0.2, 0.25) is 6.10 Å². The summed E-state index contributed by atoms with van der Waals surface area (Å²) in [7, 11) is 0. The van der Waals surface area contributed by atoms with Gasteiger partial charge in [0.05, 0.1) is 6.61 Å². The molecule has 22 heavy (non-hydrogen) atoms. The molecule has 1 aliphatic rings. The highest BCUT2D eigenvalue weighted by Crippen LogP contribution is 2.43. The molecule has 4 nitrogen and oxygen atoms in total. The minimum Gasteiger partial charge on any atom is -0.463 e. The van der Waals surface area contributed by atoms with E-state index in [9.17, 15) is 9.59 Å². The highest BCUT2D eigenvalue weighted by Gasteiger charge is 2.47. The molecule has 0 saturated heterocycles. The normalized spacial score (nSPS) is 18.2. The maximum Gasteiger partial charge on any atom is 0.348 e. The molecule has 0 spiro atoms. The molecule has 0 N–H and O–H groups in total. The van der Waals surface area contributed by atoms with Gasteiger partial charge in [-0.1, -0.05) is 56.5 Å². The molecule has 2 rings (SSSR count). The van der Waals surface area contributed by atoms with E-state index in [1.165, 1.54) is 0 Å². The Morgan fingerprint density at radius 2 is 1.91 bits per heavy atom. The van der Waals surface area contributed by atoms with E-state index >= 15 is 0 Å². The van der Waals surface area contributed by atoms with Crippen molar-refractivity contribution in [3.05, 3.63) is 35.9 Å². The fourth-order valence-corrected chi connectivity index (χ4v) is 3.40. The lowest BCUT2D eigenvalue weighted by molar-refractivity contribution is -0.168. The fraction of sp³-hybridized carbons (Fsp3) is 0.556. The van der Waals surface area contributed by atoms with Crippen LogP contribution in [0.15, 0.2) is 30.3 Å². The second-order valence-electron chi connectivity index (χ2n) is 5.86. The second kappa shape index (κ2) is 7.97. The maximum absolute atomic E-state index is 12.5. The number of ether oxygens (including phenoxy) is 2. The molecule has 0 heterocycles. The van der Waals surface area contributed by atoms with Crippen molar-refractivity contribution in [3.8, 4) is 0 Å². The van der Waals surface area contributed by atoms with Crippen molar-refractivity contribution in [2.75, 3.05) is 6.61 Å². The summed E-state index contributed by atoms with van der Waals surface area (Å²) in [6, 6.07) is 9.90. The van der Waals surface area contributed by atoms with Gasteiger partial charge in [-0.05, 0) is 24.8 Å². The predicted molar refractivity (Wildman–Crippen MR) is 83.4 cm³/mol. The van der Waals surface area contributed by atoms with Gasteiger partial charge in [0.25, 0.3) is 6.47 Å².